The van der Waals surface area contributed by atoms with Gasteiger partial charge in [-0.1, -0.05) is 37.2 Å². The molecule has 1 aliphatic heterocycles. The van der Waals surface area contributed by atoms with Crippen molar-refractivity contribution in [2.45, 2.75) is 19.8 Å². The van der Waals surface area contributed by atoms with Gasteiger partial charge in [0.1, 0.15) is 23.7 Å². The Kier molecular flexibility index (Phi) is 5.53. The van der Waals surface area contributed by atoms with Crippen LogP contribution in [0.5, 0.6) is 0 Å². The molecule has 7 heteroatoms. The second kappa shape index (κ2) is 8.41. The van der Waals surface area contributed by atoms with Crippen molar-refractivity contribution < 1.29 is 0 Å². The molecule has 0 aliphatic carbocycles. The first-order valence-corrected chi connectivity index (χ1v) is 9.85. The minimum atomic E-state index is 0.677. The number of nitrogens with one attached hydrogen (secondary N) is 1. The molecule has 0 radical (unpaired) electrons. The van der Waals surface area contributed by atoms with Crippen LogP contribution in [-0.2, 0) is 6.42 Å². The van der Waals surface area contributed by atoms with Crippen molar-refractivity contribution in [2.75, 3.05) is 16.8 Å². The fourth-order valence-electron chi connectivity index (χ4n) is 3.14. The maximum Gasteiger partial charge on any atom is 0.160 e. The summed E-state index contributed by atoms with van der Waals surface area (Å²) in [6.07, 6.45) is 5.10. The van der Waals surface area contributed by atoms with Crippen LogP contribution in [0.1, 0.15) is 19.0 Å². The number of nitrogens with zero attached hydrogens (tertiary/aromatic N) is 5. The molecule has 0 saturated carbocycles. The number of hydrogen-bond acceptors (Lipinski definition) is 6. The zero-order valence-electron chi connectivity index (χ0n) is 16.1. The number of anilines is 2. The van der Waals surface area contributed by atoms with Gasteiger partial charge in [0.05, 0.1) is 5.69 Å². The molecule has 29 heavy (non-hydrogen) atoms. The Labute approximate surface area is 175 Å². The summed E-state index contributed by atoms with van der Waals surface area (Å²) in [4.78, 5) is 20.0. The highest BCUT2D eigenvalue weighted by atomic mass is 35.5. The van der Waals surface area contributed by atoms with Crippen LogP contribution in [0.15, 0.2) is 66.2 Å². The first-order chi connectivity index (χ1) is 14.1. The summed E-state index contributed by atoms with van der Waals surface area (Å²) in [6.45, 7) is 6.99. The number of aliphatic imine (C=N–C) groups is 1. The molecule has 0 bridgehead atoms. The Balaban J connectivity index is 1.67. The van der Waals surface area contributed by atoms with Gasteiger partial charge in [-0.05, 0) is 30.7 Å². The molecule has 146 valence electrons. The molecular formula is C22H21ClN6. The lowest BCUT2D eigenvalue weighted by Crippen LogP contribution is -2.28. The minimum Gasteiger partial charge on any atom is -0.327 e. The Morgan fingerprint density at radius 1 is 1.21 bits per heavy atom. The third-order valence-corrected chi connectivity index (χ3v) is 4.86. The van der Waals surface area contributed by atoms with Gasteiger partial charge in [0.25, 0.3) is 0 Å². The van der Waals surface area contributed by atoms with Crippen LogP contribution in [-0.4, -0.2) is 27.7 Å². The highest BCUT2D eigenvalue weighted by Crippen LogP contribution is 2.34. The Hall–Kier alpha value is -3.25. The van der Waals surface area contributed by atoms with E-state index in [-0.39, 0.29) is 0 Å². The van der Waals surface area contributed by atoms with E-state index in [9.17, 15) is 0 Å². The predicted octanol–water partition coefficient (Wildman–Crippen LogP) is 5.25. The lowest BCUT2D eigenvalue weighted by molar-refractivity contribution is 0.907. The average molecular weight is 405 g/mol. The summed E-state index contributed by atoms with van der Waals surface area (Å²) < 4.78 is 0. The molecule has 0 spiro atoms. The third-order valence-electron chi connectivity index (χ3n) is 4.63. The molecule has 0 unspecified atom stereocenters. The topological polar surface area (TPSA) is 66.3 Å². The van der Waals surface area contributed by atoms with Crippen molar-refractivity contribution in [3.05, 3.63) is 71.9 Å². The predicted molar refractivity (Wildman–Crippen MR) is 119 cm³/mol. The summed E-state index contributed by atoms with van der Waals surface area (Å²) in [5.74, 6) is 2.14. The molecule has 0 atom stereocenters. The van der Waals surface area contributed by atoms with Crippen LogP contribution in [0.2, 0.25) is 5.02 Å². The number of aryl methyl sites for hydroxylation is 1. The van der Waals surface area contributed by atoms with Crippen LogP contribution < -0.4 is 10.2 Å². The number of halogens is 1. The summed E-state index contributed by atoms with van der Waals surface area (Å²) >= 11 is 6.16. The second-order valence-corrected chi connectivity index (χ2v) is 7.06. The number of hydrogen-bond donors (Lipinski definition) is 1. The lowest BCUT2D eigenvalue weighted by atomic mass is 10.1. The molecule has 1 N–H and O–H groups in total. The van der Waals surface area contributed by atoms with E-state index >= 15 is 0 Å². The van der Waals surface area contributed by atoms with E-state index in [2.05, 4.69) is 33.8 Å². The van der Waals surface area contributed by atoms with Crippen molar-refractivity contribution in [3.8, 4) is 11.3 Å². The lowest BCUT2D eigenvalue weighted by Gasteiger charge is -2.26. The van der Waals surface area contributed by atoms with E-state index in [0.29, 0.717) is 23.2 Å². The highest BCUT2D eigenvalue weighted by molar-refractivity contribution is 6.30. The summed E-state index contributed by atoms with van der Waals surface area (Å²) in [5, 5.41) is 3.96. The van der Waals surface area contributed by atoms with Crippen molar-refractivity contribution in [2.24, 2.45) is 4.99 Å². The maximum atomic E-state index is 6.16. The van der Waals surface area contributed by atoms with Crippen LogP contribution in [0.4, 0.5) is 17.3 Å². The molecule has 2 aromatic heterocycles. The first-order valence-electron chi connectivity index (χ1n) is 9.48. The fraction of sp³-hybridized carbons (Fsp3) is 0.182. The van der Waals surface area contributed by atoms with Gasteiger partial charge in [0.15, 0.2) is 5.82 Å². The van der Waals surface area contributed by atoms with Gasteiger partial charge >= 0.3 is 0 Å². The Morgan fingerprint density at radius 3 is 2.93 bits per heavy atom. The number of pyridine rings is 1. The summed E-state index contributed by atoms with van der Waals surface area (Å²) in [5.41, 5.74) is 3.55. The van der Waals surface area contributed by atoms with Gasteiger partial charge in [-0.25, -0.2) is 15.0 Å². The van der Waals surface area contributed by atoms with Crippen LogP contribution in [0.3, 0.4) is 0 Å². The molecule has 1 aromatic carbocycles. The number of benzene rings is 1. The zero-order valence-corrected chi connectivity index (χ0v) is 16.9. The monoisotopic (exact) mass is 404 g/mol. The van der Waals surface area contributed by atoms with Gasteiger partial charge in [-0.2, -0.15) is 0 Å². The molecule has 4 rings (SSSR count). The molecule has 1 aliphatic rings. The third kappa shape index (κ3) is 4.27. The minimum absolute atomic E-state index is 0.677. The number of aromatic nitrogens is 3. The number of fused-ring (bicyclic) bond motifs is 1. The van der Waals surface area contributed by atoms with E-state index in [0.717, 1.165) is 41.3 Å². The van der Waals surface area contributed by atoms with Crippen LogP contribution >= 0.6 is 11.6 Å². The van der Waals surface area contributed by atoms with Crippen LogP contribution in [0, 0.1) is 0 Å². The standard InChI is InChI=1S/C22H21ClN6/c1-3-18-13-21(26-14-25-18)27-15(2)29-11-5-10-24-20-9-8-19(28-22(20)29)16-6-4-7-17(23)12-16/h4,6-10,12-14H,2-3,5,11H2,1H3,(H,25,26,27). The van der Waals surface area contributed by atoms with E-state index in [1.165, 1.54) is 0 Å². The van der Waals surface area contributed by atoms with E-state index in [1.807, 2.05) is 53.6 Å². The van der Waals surface area contributed by atoms with Gasteiger partial charge in [0.2, 0.25) is 0 Å². The SMILES string of the molecule is C=C(Nc1cc(CC)ncn1)N1CCC=Nc2ccc(-c3cccc(Cl)c3)nc21. The summed E-state index contributed by atoms with van der Waals surface area (Å²) in [6, 6.07) is 13.5. The van der Waals surface area contributed by atoms with Crippen molar-refractivity contribution in [1.82, 2.24) is 15.0 Å². The van der Waals surface area contributed by atoms with Crippen LogP contribution in [0.25, 0.3) is 11.3 Å². The van der Waals surface area contributed by atoms with Crippen molar-refractivity contribution in [3.63, 3.8) is 0 Å². The molecule has 3 aromatic rings. The Bertz CT molecular complexity index is 1080. The maximum absolute atomic E-state index is 6.16. The second-order valence-electron chi connectivity index (χ2n) is 6.62. The highest BCUT2D eigenvalue weighted by Gasteiger charge is 2.19. The van der Waals surface area contributed by atoms with Crippen molar-refractivity contribution in [1.29, 1.82) is 0 Å². The molecule has 0 amide bonds. The first kappa shape index (κ1) is 19.1. The molecule has 6 nitrogen and oxygen atoms in total. The molecule has 0 fully saturated rings. The normalized spacial score (nSPS) is 13.0. The molecule has 0 saturated heterocycles. The molecular weight excluding hydrogens is 384 g/mol. The van der Waals surface area contributed by atoms with Gasteiger partial charge in [0, 0.05) is 41.5 Å². The van der Waals surface area contributed by atoms with E-state index in [4.69, 9.17) is 16.6 Å². The fourth-order valence-corrected chi connectivity index (χ4v) is 3.33. The van der Waals surface area contributed by atoms with E-state index < -0.39 is 0 Å². The van der Waals surface area contributed by atoms with E-state index in [1.54, 1.807) is 6.33 Å². The number of rotatable bonds is 5. The largest absolute Gasteiger partial charge is 0.327 e. The van der Waals surface area contributed by atoms with Gasteiger partial charge < -0.3 is 10.2 Å². The zero-order chi connectivity index (χ0) is 20.2. The van der Waals surface area contributed by atoms with Gasteiger partial charge in [-0.3, -0.25) is 4.99 Å². The summed E-state index contributed by atoms with van der Waals surface area (Å²) in [7, 11) is 0. The smallest absolute Gasteiger partial charge is 0.160 e. The Morgan fingerprint density at radius 2 is 2.10 bits per heavy atom. The average Bonchev–Trinajstić information content (AvgIpc) is 2.96. The quantitative estimate of drug-likeness (QED) is 0.629. The molecule has 3 heterocycles. The van der Waals surface area contributed by atoms with Crippen molar-refractivity contribution >= 4 is 35.1 Å². The van der Waals surface area contributed by atoms with Gasteiger partial charge in [-0.15, -0.1) is 0 Å².